The van der Waals surface area contributed by atoms with Gasteiger partial charge in [0.2, 0.25) is 0 Å². The summed E-state index contributed by atoms with van der Waals surface area (Å²) in [6.45, 7) is 4.49. The predicted octanol–water partition coefficient (Wildman–Crippen LogP) is 3.35. The number of nitrogens with one attached hydrogen (secondary N) is 2. The van der Waals surface area contributed by atoms with E-state index in [2.05, 4.69) is 28.6 Å². The first-order valence-corrected chi connectivity index (χ1v) is 8.62. The van der Waals surface area contributed by atoms with Gasteiger partial charge in [0.15, 0.2) is 5.96 Å². The lowest BCUT2D eigenvalue weighted by atomic mass is 9.88. The SMILES string of the molecule is CCNC(=NCc1c(O)ccc2c1CCCC2)NCC1CC1.I. The maximum Gasteiger partial charge on any atom is 0.191 e. The van der Waals surface area contributed by atoms with Gasteiger partial charge in [0, 0.05) is 18.7 Å². The molecule has 23 heavy (non-hydrogen) atoms. The molecule has 128 valence electrons. The molecule has 0 radical (unpaired) electrons. The molecule has 0 bridgehead atoms. The van der Waals surface area contributed by atoms with Gasteiger partial charge in [0.25, 0.3) is 0 Å². The van der Waals surface area contributed by atoms with Crippen molar-refractivity contribution < 1.29 is 5.11 Å². The van der Waals surface area contributed by atoms with Crippen LogP contribution in [0.5, 0.6) is 5.75 Å². The number of phenols is 1. The fourth-order valence-electron chi connectivity index (χ4n) is 3.13. The van der Waals surface area contributed by atoms with Crippen molar-refractivity contribution in [3.05, 3.63) is 28.8 Å². The van der Waals surface area contributed by atoms with Crippen LogP contribution >= 0.6 is 24.0 Å². The maximum absolute atomic E-state index is 10.2. The number of halogens is 1. The topological polar surface area (TPSA) is 56.7 Å². The van der Waals surface area contributed by atoms with Gasteiger partial charge in [-0.2, -0.15) is 0 Å². The molecular weight excluding hydrogens is 401 g/mol. The highest BCUT2D eigenvalue weighted by Crippen LogP contribution is 2.31. The number of aliphatic imine (C=N–C) groups is 1. The Morgan fingerprint density at radius 3 is 2.74 bits per heavy atom. The number of phenolic OH excluding ortho intramolecular Hbond substituents is 1. The van der Waals surface area contributed by atoms with Gasteiger partial charge in [-0.25, -0.2) is 4.99 Å². The first kappa shape index (κ1) is 18.4. The van der Waals surface area contributed by atoms with E-state index in [1.54, 1.807) is 0 Å². The van der Waals surface area contributed by atoms with Gasteiger partial charge in [-0.05, 0) is 68.6 Å². The Kier molecular flexibility index (Phi) is 6.99. The standard InChI is InChI=1S/C18H27N3O.HI/c1-2-19-18(20-11-13-7-8-13)21-12-16-15-6-4-3-5-14(15)9-10-17(16)22;/h9-10,13,22H,2-8,11-12H2,1H3,(H2,19,20,21);1H. The van der Waals surface area contributed by atoms with Crippen molar-refractivity contribution in [1.82, 2.24) is 10.6 Å². The van der Waals surface area contributed by atoms with Crippen LogP contribution in [0.4, 0.5) is 0 Å². The third kappa shape index (κ3) is 4.99. The second-order valence-electron chi connectivity index (χ2n) is 6.43. The molecule has 0 atom stereocenters. The molecule has 0 amide bonds. The van der Waals surface area contributed by atoms with Crippen molar-refractivity contribution in [3.8, 4) is 5.75 Å². The maximum atomic E-state index is 10.2. The van der Waals surface area contributed by atoms with Crippen LogP contribution in [0.2, 0.25) is 0 Å². The van der Waals surface area contributed by atoms with Gasteiger partial charge in [-0.1, -0.05) is 6.07 Å². The monoisotopic (exact) mass is 429 g/mol. The molecule has 3 rings (SSSR count). The van der Waals surface area contributed by atoms with E-state index in [0.29, 0.717) is 12.3 Å². The van der Waals surface area contributed by atoms with Crippen LogP contribution < -0.4 is 10.6 Å². The number of nitrogens with zero attached hydrogens (tertiary/aromatic N) is 1. The van der Waals surface area contributed by atoms with Crippen LogP contribution in [0.25, 0.3) is 0 Å². The van der Waals surface area contributed by atoms with Crippen molar-refractivity contribution in [2.45, 2.75) is 52.0 Å². The fourth-order valence-corrected chi connectivity index (χ4v) is 3.13. The quantitative estimate of drug-likeness (QED) is 0.382. The highest BCUT2D eigenvalue weighted by Gasteiger charge is 2.21. The summed E-state index contributed by atoms with van der Waals surface area (Å²) < 4.78 is 0. The molecule has 1 aromatic rings. The molecule has 1 aromatic carbocycles. The van der Waals surface area contributed by atoms with Crippen LogP contribution in [-0.4, -0.2) is 24.2 Å². The third-order valence-corrected chi connectivity index (χ3v) is 4.62. The molecule has 4 nitrogen and oxygen atoms in total. The van der Waals surface area contributed by atoms with E-state index < -0.39 is 0 Å². The first-order chi connectivity index (χ1) is 10.8. The van der Waals surface area contributed by atoms with Crippen LogP contribution in [0, 0.1) is 5.92 Å². The van der Waals surface area contributed by atoms with Crippen molar-refractivity contribution in [1.29, 1.82) is 0 Å². The Hall–Kier alpha value is -0.980. The number of aryl methyl sites for hydroxylation is 1. The van der Waals surface area contributed by atoms with E-state index in [1.165, 1.54) is 36.8 Å². The molecule has 2 aliphatic rings. The molecule has 0 spiro atoms. The molecule has 1 saturated carbocycles. The zero-order chi connectivity index (χ0) is 15.4. The molecular formula is C18H28IN3O. The van der Waals surface area contributed by atoms with Crippen molar-refractivity contribution in [2.24, 2.45) is 10.9 Å². The van der Waals surface area contributed by atoms with Crippen LogP contribution in [0.1, 0.15) is 49.3 Å². The molecule has 5 heteroatoms. The van der Waals surface area contributed by atoms with Gasteiger partial charge in [0.05, 0.1) is 6.54 Å². The normalized spacial score (nSPS) is 17.2. The second-order valence-corrected chi connectivity index (χ2v) is 6.43. The van der Waals surface area contributed by atoms with Crippen LogP contribution in [0.3, 0.4) is 0 Å². The Labute approximate surface area is 156 Å². The number of fused-ring (bicyclic) bond motifs is 1. The zero-order valence-corrected chi connectivity index (χ0v) is 16.2. The highest BCUT2D eigenvalue weighted by atomic mass is 127. The van der Waals surface area contributed by atoms with Gasteiger partial charge >= 0.3 is 0 Å². The number of hydrogen-bond acceptors (Lipinski definition) is 2. The summed E-state index contributed by atoms with van der Waals surface area (Å²) in [4.78, 5) is 4.69. The lowest BCUT2D eigenvalue weighted by Gasteiger charge is -2.20. The molecule has 0 unspecified atom stereocenters. The van der Waals surface area contributed by atoms with Crippen molar-refractivity contribution in [3.63, 3.8) is 0 Å². The number of hydrogen-bond donors (Lipinski definition) is 3. The summed E-state index contributed by atoms with van der Waals surface area (Å²) >= 11 is 0. The van der Waals surface area contributed by atoms with E-state index in [4.69, 9.17) is 0 Å². The molecule has 1 fully saturated rings. The van der Waals surface area contributed by atoms with E-state index in [1.807, 2.05) is 6.07 Å². The van der Waals surface area contributed by atoms with E-state index in [-0.39, 0.29) is 24.0 Å². The minimum atomic E-state index is 0. The van der Waals surface area contributed by atoms with Gasteiger partial charge in [-0.15, -0.1) is 24.0 Å². The lowest BCUT2D eigenvalue weighted by molar-refractivity contribution is 0.465. The Morgan fingerprint density at radius 2 is 2.00 bits per heavy atom. The summed E-state index contributed by atoms with van der Waals surface area (Å²) in [6, 6.07) is 3.91. The lowest BCUT2D eigenvalue weighted by Crippen LogP contribution is -2.38. The second kappa shape index (κ2) is 8.76. The summed E-state index contributed by atoms with van der Waals surface area (Å²) in [5.74, 6) is 2.08. The highest BCUT2D eigenvalue weighted by molar-refractivity contribution is 14.0. The molecule has 0 heterocycles. The first-order valence-electron chi connectivity index (χ1n) is 8.62. The Bertz CT molecular complexity index is 555. The Balaban J connectivity index is 0.00000192. The smallest absolute Gasteiger partial charge is 0.191 e. The average Bonchev–Trinajstić information content (AvgIpc) is 3.35. The van der Waals surface area contributed by atoms with E-state index in [0.717, 1.165) is 43.4 Å². The molecule has 0 aliphatic heterocycles. The van der Waals surface area contributed by atoms with Crippen LogP contribution in [0.15, 0.2) is 17.1 Å². The van der Waals surface area contributed by atoms with Crippen molar-refractivity contribution in [2.75, 3.05) is 13.1 Å². The predicted molar refractivity (Wildman–Crippen MR) is 106 cm³/mol. The largest absolute Gasteiger partial charge is 0.508 e. The van der Waals surface area contributed by atoms with Gasteiger partial charge < -0.3 is 15.7 Å². The number of rotatable bonds is 5. The summed E-state index contributed by atoms with van der Waals surface area (Å²) in [7, 11) is 0. The zero-order valence-electron chi connectivity index (χ0n) is 13.9. The molecule has 3 N–H and O–H groups in total. The summed E-state index contributed by atoms with van der Waals surface area (Å²) in [6.07, 6.45) is 7.34. The molecule has 2 aliphatic carbocycles. The number of aromatic hydroxyl groups is 1. The minimum Gasteiger partial charge on any atom is -0.508 e. The molecule has 0 aromatic heterocycles. The van der Waals surface area contributed by atoms with Crippen LogP contribution in [-0.2, 0) is 19.4 Å². The van der Waals surface area contributed by atoms with Gasteiger partial charge in [-0.3, -0.25) is 0 Å². The summed E-state index contributed by atoms with van der Waals surface area (Å²) in [5.41, 5.74) is 3.74. The van der Waals surface area contributed by atoms with E-state index in [9.17, 15) is 5.11 Å². The third-order valence-electron chi connectivity index (χ3n) is 4.62. The summed E-state index contributed by atoms with van der Waals surface area (Å²) in [5, 5.41) is 16.9. The van der Waals surface area contributed by atoms with Crippen molar-refractivity contribution >= 4 is 29.9 Å². The number of guanidine groups is 1. The number of benzene rings is 1. The fraction of sp³-hybridized carbons (Fsp3) is 0.611. The molecule has 0 saturated heterocycles. The van der Waals surface area contributed by atoms with Gasteiger partial charge in [0.1, 0.15) is 5.75 Å². The minimum absolute atomic E-state index is 0. The average molecular weight is 429 g/mol. The van der Waals surface area contributed by atoms with E-state index >= 15 is 0 Å². The Morgan fingerprint density at radius 1 is 1.22 bits per heavy atom.